The fraction of sp³-hybridized carbons (Fsp3) is 0.0588. The van der Waals surface area contributed by atoms with Crippen molar-refractivity contribution in [3.8, 4) is 0 Å². The van der Waals surface area contributed by atoms with E-state index in [1.807, 2.05) is 0 Å². The standard InChI is InChI=1S/C17H10F3NO2S/c18-17(19,20)13-9-5-4-6-11(13)10-14-15(22)21(16(23)24-14)12-7-2-1-3-8-12/h1-10H/b14-10+. The van der Waals surface area contributed by atoms with Crippen molar-refractivity contribution in [2.45, 2.75) is 6.18 Å². The van der Waals surface area contributed by atoms with Crippen LogP contribution in [0, 0.1) is 0 Å². The van der Waals surface area contributed by atoms with E-state index in [9.17, 15) is 22.8 Å². The molecular weight excluding hydrogens is 339 g/mol. The Bertz CT molecular complexity index is 831. The Morgan fingerprint density at radius 2 is 1.54 bits per heavy atom. The Morgan fingerprint density at radius 3 is 2.21 bits per heavy atom. The van der Waals surface area contributed by atoms with Crippen LogP contribution < -0.4 is 4.90 Å². The summed E-state index contributed by atoms with van der Waals surface area (Å²) in [4.78, 5) is 25.4. The van der Waals surface area contributed by atoms with E-state index in [1.54, 1.807) is 30.3 Å². The molecular formula is C17H10F3NO2S. The molecule has 3 nitrogen and oxygen atoms in total. The van der Waals surface area contributed by atoms with Gasteiger partial charge < -0.3 is 0 Å². The van der Waals surface area contributed by atoms with Gasteiger partial charge in [-0.15, -0.1) is 0 Å². The van der Waals surface area contributed by atoms with Gasteiger partial charge in [0.1, 0.15) is 0 Å². The largest absolute Gasteiger partial charge is 0.416 e. The molecule has 0 radical (unpaired) electrons. The summed E-state index contributed by atoms with van der Waals surface area (Å²) in [5, 5.41) is -0.540. The van der Waals surface area contributed by atoms with Gasteiger partial charge in [-0.2, -0.15) is 13.2 Å². The second-order valence-corrected chi connectivity index (χ2v) is 5.93. The molecule has 24 heavy (non-hydrogen) atoms. The number of carbonyl (C=O) groups is 2. The molecule has 1 aliphatic heterocycles. The van der Waals surface area contributed by atoms with Gasteiger partial charge in [-0.05, 0) is 41.6 Å². The van der Waals surface area contributed by atoms with Crippen LogP contribution in [0.2, 0.25) is 0 Å². The van der Waals surface area contributed by atoms with Crippen LogP contribution in [0.5, 0.6) is 0 Å². The maximum Gasteiger partial charge on any atom is 0.416 e. The van der Waals surface area contributed by atoms with Crippen molar-refractivity contribution < 1.29 is 22.8 Å². The normalized spacial score (nSPS) is 17.0. The average molecular weight is 349 g/mol. The highest BCUT2D eigenvalue weighted by atomic mass is 32.2. The van der Waals surface area contributed by atoms with E-state index < -0.39 is 22.9 Å². The molecule has 0 saturated carbocycles. The molecule has 0 spiro atoms. The van der Waals surface area contributed by atoms with Crippen LogP contribution in [0.3, 0.4) is 0 Å². The number of alkyl halides is 3. The fourth-order valence-corrected chi connectivity index (χ4v) is 3.12. The van der Waals surface area contributed by atoms with Crippen LogP contribution in [-0.4, -0.2) is 11.1 Å². The maximum atomic E-state index is 13.0. The number of hydrogen-bond acceptors (Lipinski definition) is 3. The lowest BCUT2D eigenvalue weighted by Crippen LogP contribution is -2.27. The van der Waals surface area contributed by atoms with Crippen molar-refractivity contribution in [2.24, 2.45) is 0 Å². The van der Waals surface area contributed by atoms with Gasteiger partial charge in [0.2, 0.25) is 0 Å². The summed E-state index contributed by atoms with van der Waals surface area (Å²) >= 11 is 0.622. The minimum Gasteiger partial charge on any atom is -0.268 e. The summed E-state index contributed by atoms with van der Waals surface area (Å²) in [5.74, 6) is -0.631. The smallest absolute Gasteiger partial charge is 0.268 e. The van der Waals surface area contributed by atoms with Gasteiger partial charge in [-0.25, -0.2) is 4.90 Å². The van der Waals surface area contributed by atoms with Gasteiger partial charge in [0.25, 0.3) is 11.1 Å². The second kappa shape index (κ2) is 6.16. The molecule has 2 aromatic rings. The molecule has 2 aromatic carbocycles. The molecule has 122 valence electrons. The van der Waals surface area contributed by atoms with Crippen molar-refractivity contribution in [3.63, 3.8) is 0 Å². The molecule has 7 heteroatoms. The number of para-hydroxylation sites is 1. The Morgan fingerprint density at radius 1 is 0.917 bits per heavy atom. The number of nitrogens with zero attached hydrogens (tertiary/aromatic N) is 1. The lowest BCUT2D eigenvalue weighted by Gasteiger charge is -2.12. The zero-order valence-corrected chi connectivity index (χ0v) is 12.9. The minimum absolute atomic E-state index is 0.0412. The van der Waals surface area contributed by atoms with Gasteiger partial charge in [0, 0.05) is 0 Å². The van der Waals surface area contributed by atoms with Gasteiger partial charge in [0.15, 0.2) is 0 Å². The summed E-state index contributed by atoms with van der Waals surface area (Å²) in [6, 6.07) is 13.2. The van der Waals surface area contributed by atoms with Crippen LogP contribution in [-0.2, 0) is 11.0 Å². The molecule has 1 saturated heterocycles. The van der Waals surface area contributed by atoms with E-state index >= 15 is 0 Å². The Hall–Kier alpha value is -2.54. The maximum absolute atomic E-state index is 13.0. The van der Waals surface area contributed by atoms with E-state index in [1.165, 1.54) is 18.2 Å². The number of thioether (sulfide) groups is 1. The summed E-state index contributed by atoms with van der Waals surface area (Å²) in [6.45, 7) is 0. The number of benzene rings is 2. The van der Waals surface area contributed by atoms with Gasteiger partial charge in [-0.1, -0.05) is 36.4 Å². The Kier molecular flexibility index (Phi) is 4.19. The summed E-state index contributed by atoms with van der Waals surface area (Å²) in [7, 11) is 0. The monoisotopic (exact) mass is 349 g/mol. The number of halogens is 3. The van der Waals surface area contributed by atoms with Gasteiger partial charge >= 0.3 is 6.18 Å². The van der Waals surface area contributed by atoms with Crippen LogP contribution in [0.25, 0.3) is 6.08 Å². The van der Waals surface area contributed by atoms with E-state index in [0.717, 1.165) is 17.0 Å². The highest BCUT2D eigenvalue weighted by molar-refractivity contribution is 8.19. The lowest BCUT2D eigenvalue weighted by atomic mass is 10.1. The van der Waals surface area contributed by atoms with E-state index in [-0.39, 0.29) is 10.5 Å². The van der Waals surface area contributed by atoms with Crippen molar-refractivity contribution in [1.29, 1.82) is 0 Å². The topological polar surface area (TPSA) is 37.4 Å². The molecule has 0 bridgehead atoms. The third kappa shape index (κ3) is 3.07. The molecule has 2 amide bonds. The third-order valence-electron chi connectivity index (χ3n) is 3.36. The van der Waals surface area contributed by atoms with Gasteiger partial charge in [0.05, 0.1) is 16.2 Å². The molecule has 0 aromatic heterocycles. The van der Waals surface area contributed by atoms with E-state index in [0.29, 0.717) is 17.4 Å². The number of imide groups is 1. The van der Waals surface area contributed by atoms with Crippen LogP contribution in [0.15, 0.2) is 59.5 Å². The molecule has 1 aliphatic rings. The van der Waals surface area contributed by atoms with Crippen molar-refractivity contribution in [3.05, 3.63) is 70.6 Å². The molecule has 1 heterocycles. The Labute approximate surface area is 139 Å². The molecule has 1 fully saturated rings. The van der Waals surface area contributed by atoms with Crippen LogP contribution in [0.1, 0.15) is 11.1 Å². The van der Waals surface area contributed by atoms with Crippen LogP contribution in [0.4, 0.5) is 23.7 Å². The van der Waals surface area contributed by atoms with E-state index in [4.69, 9.17) is 0 Å². The van der Waals surface area contributed by atoms with Gasteiger partial charge in [-0.3, -0.25) is 9.59 Å². The first-order valence-electron chi connectivity index (χ1n) is 6.87. The number of carbonyl (C=O) groups excluding carboxylic acids is 2. The zero-order chi connectivity index (χ0) is 17.3. The molecule has 0 aliphatic carbocycles. The van der Waals surface area contributed by atoms with Crippen molar-refractivity contribution in [2.75, 3.05) is 4.90 Å². The first kappa shape index (κ1) is 16.3. The number of hydrogen-bond donors (Lipinski definition) is 0. The minimum atomic E-state index is -4.54. The predicted molar refractivity (Wildman–Crippen MR) is 86.3 cm³/mol. The average Bonchev–Trinajstić information content (AvgIpc) is 2.82. The molecule has 0 N–H and O–H groups in total. The van der Waals surface area contributed by atoms with Crippen LogP contribution >= 0.6 is 11.8 Å². The zero-order valence-electron chi connectivity index (χ0n) is 12.1. The summed E-state index contributed by atoms with van der Waals surface area (Å²) < 4.78 is 39.1. The number of rotatable bonds is 2. The number of amides is 2. The third-order valence-corrected chi connectivity index (χ3v) is 4.23. The molecule has 0 atom stereocenters. The first-order chi connectivity index (χ1) is 11.4. The molecule has 0 unspecified atom stereocenters. The van der Waals surface area contributed by atoms with E-state index in [2.05, 4.69) is 0 Å². The number of anilines is 1. The van der Waals surface area contributed by atoms with Crippen molar-refractivity contribution >= 4 is 34.7 Å². The fourth-order valence-electron chi connectivity index (χ4n) is 2.29. The SMILES string of the molecule is O=C1S/C(=C/c2ccccc2C(F)(F)F)C(=O)N1c1ccccc1. The first-order valence-corrected chi connectivity index (χ1v) is 7.69. The summed E-state index contributed by atoms with van der Waals surface area (Å²) in [6.07, 6.45) is -3.43. The van der Waals surface area contributed by atoms with Crippen molar-refractivity contribution in [1.82, 2.24) is 0 Å². The Balaban J connectivity index is 1.99. The highest BCUT2D eigenvalue weighted by Crippen LogP contribution is 2.38. The second-order valence-electron chi connectivity index (χ2n) is 4.94. The predicted octanol–water partition coefficient (Wildman–Crippen LogP) is 4.95. The molecule has 3 rings (SSSR count). The lowest BCUT2D eigenvalue weighted by molar-refractivity contribution is -0.137. The summed E-state index contributed by atoms with van der Waals surface area (Å²) in [5.41, 5.74) is -0.618. The quantitative estimate of drug-likeness (QED) is 0.720. The highest BCUT2D eigenvalue weighted by Gasteiger charge is 2.37.